The Morgan fingerprint density at radius 1 is 0.986 bits per heavy atom. The number of allylic oxidation sites excluding steroid dienone is 1. The quantitative estimate of drug-likeness (QED) is 0.122. The number of amides is 3. The molecule has 1 spiro atoms. The van der Waals surface area contributed by atoms with Gasteiger partial charge in [0.15, 0.2) is 17.7 Å². The lowest BCUT2D eigenvalue weighted by atomic mass is 9.84. The Morgan fingerprint density at radius 2 is 1.64 bits per heavy atom. The molecule has 2 aliphatic carbocycles. The maximum Gasteiger partial charge on any atom is 0.437 e. The van der Waals surface area contributed by atoms with Crippen molar-refractivity contribution >= 4 is 44.6 Å². The number of carbonyl (C=O) groups excluding carboxylic acids is 4. The predicted molar refractivity (Wildman–Crippen MR) is 276 cm³/mol. The molecule has 3 amide bonds. The summed E-state index contributed by atoms with van der Waals surface area (Å²) in [7, 11) is -4.07. The van der Waals surface area contributed by atoms with Gasteiger partial charge in [-0.1, -0.05) is 72.0 Å². The molecule has 4 heterocycles. The summed E-state index contributed by atoms with van der Waals surface area (Å²) < 4.78 is 94.4. The number of sulfonamides is 1. The van der Waals surface area contributed by atoms with Gasteiger partial charge >= 0.3 is 12.1 Å². The summed E-state index contributed by atoms with van der Waals surface area (Å²) >= 11 is 0. The lowest BCUT2D eigenvalue weighted by molar-refractivity contribution is -0.154. The number of ether oxygens (including phenoxy) is 4. The number of nitrogens with zero attached hydrogens (tertiary/aromatic N) is 2. The van der Waals surface area contributed by atoms with Crippen molar-refractivity contribution in [3.05, 3.63) is 41.6 Å². The number of nitrogens with one attached hydrogen (secondary N) is 2. The molecular weight excluding hydrogens is 982 g/mol. The molecule has 7 rings (SSSR count). The molecule has 1 saturated heterocycles. The third-order valence-electron chi connectivity index (χ3n) is 14.7. The minimum Gasteiger partial charge on any atom is -0.493 e. The SMILES string of the molecule is CC(=O)OCC(C)C.CC(O)OC(C)(C)C.C[C@H]1CCCCC/C=C\[C@H](C)[C@](C)(C(=O)NS(=O)(=O)C2(C)CC2)NC(=O)[C@@H]2C[C@]3(CCc4c(c(C(F)(F)F)nc5ccc(OCC6CCCCC6)cc45)O3)CN2C1=O. The van der Waals surface area contributed by atoms with E-state index in [-0.39, 0.29) is 48.8 Å². The highest BCUT2D eigenvalue weighted by molar-refractivity contribution is 7.91. The first-order valence-electron chi connectivity index (χ1n) is 26.6. The van der Waals surface area contributed by atoms with Gasteiger partial charge in [-0.3, -0.25) is 23.9 Å². The summed E-state index contributed by atoms with van der Waals surface area (Å²) in [5.41, 5.74) is -4.05. The molecule has 416 valence electrons. The van der Waals surface area contributed by atoms with E-state index in [2.05, 4.69) is 19.8 Å². The molecular formula is C55H83F3N4O11S. The average Bonchev–Trinajstić information content (AvgIpc) is 3.98. The summed E-state index contributed by atoms with van der Waals surface area (Å²) in [6.07, 6.45) is 8.55. The third kappa shape index (κ3) is 16.0. The van der Waals surface area contributed by atoms with Crippen LogP contribution in [-0.4, -0.2) is 101 Å². The van der Waals surface area contributed by atoms with Gasteiger partial charge in [-0.05, 0) is 129 Å². The van der Waals surface area contributed by atoms with E-state index >= 15 is 0 Å². The van der Waals surface area contributed by atoms with E-state index in [9.17, 15) is 40.8 Å². The Morgan fingerprint density at radius 3 is 2.20 bits per heavy atom. The van der Waals surface area contributed by atoms with Crippen LogP contribution in [-0.2, 0) is 51.3 Å². The molecule has 3 fully saturated rings. The van der Waals surface area contributed by atoms with E-state index in [0.717, 1.165) is 44.9 Å². The number of pyridine rings is 1. The molecule has 2 saturated carbocycles. The summed E-state index contributed by atoms with van der Waals surface area (Å²) in [6.45, 7) is 20.2. The minimum atomic E-state index is -4.87. The Labute approximate surface area is 436 Å². The number of rotatable bonds is 9. The topological polar surface area (TPSA) is 200 Å². The molecule has 5 aliphatic rings. The molecule has 3 N–H and O–H groups in total. The Hall–Kier alpha value is -4.49. The number of fused-ring (bicyclic) bond motifs is 4. The Bertz CT molecular complexity index is 2430. The molecule has 0 radical (unpaired) electrons. The van der Waals surface area contributed by atoms with E-state index in [0.29, 0.717) is 67.4 Å². The number of aliphatic hydroxyl groups is 1. The highest BCUT2D eigenvalue weighted by Gasteiger charge is 2.56. The van der Waals surface area contributed by atoms with Crippen LogP contribution in [0, 0.1) is 23.7 Å². The molecule has 1 aromatic heterocycles. The van der Waals surface area contributed by atoms with Gasteiger partial charge < -0.3 is 34.3 Å². The minimum absolute atomic E-state index is 0.144. The second kappa shape index (κ2) is 24.7. The summed E-state index contributed by atoms with van der Waals surface area (Å²) in [5.74, 6) is -2.34. The second-order valence-electron chi connectivity index (χ2n) is 23.1. The number of esters is 1. The molecule has 1 unspecified atom stereocenters. The third-order valence-corrected chi connectivity index (χ3v) is 16.9. The van der Waals surface area contributed by atoms with Gasteiger partial charge in [0.05, 0.1) is 35.6 Å². The van der Waals surface area contributed by atoms with E-state index in [1.54, 1.807) is 52.0 Å². The average molecular weight is 1070 g/mol. The fraction of sp³-hybridized carbons (Fsp3) is 0.727. The van der Waals surface area contributed by atoms with Crippen molar-refractivity contribution < 1.29 is 64.8 Å². The number of aromatic nitrogens is 1. The number of halogens is 3. The number of carbonyl (C=O) groups is 4. The van der Waals surface area contributed by atoms with Gasteiger partial charge in [-0.15, -0.1) is 0 Å². The van der Waals surface area contributed by atoms with Crippen molar-refractivity contribution in [2.24, 2.45) is 23.7 Å². The Balaban J connectivity index is 0.000000548. The van der Waals surface area contributed by atoms with Crippen molar-refractivity contribution in [3.63, 3.8) is 0 Å². The van der Waals surface area contributed by atoms with Gasteiger partial charge in [0.2, 0.25) is 21.8 Å². The molecule has 19 heteroatoms. The first-order valence-corrected chi connectivity index (χ1v) is 28.1. The normalized spacial score (nSPS) is 26.5. The smallest absolute Gasteiger partial charge is 0.437 e. The predicted octanol–water partition coefficient (Wildman–Crippen LogP) is 9.89. The highest BCUT2D eigenvalue weighted by atomic mass is 32.2. The van der Waals surface area contributed by atoms with Crippen molar-refractivity contribution in [1.29, 1.82) is 0 Å². The first kappa shape index (κ1) is 60.4. The fourth-order valence-corrected chi connectivity index (χ4v) is 11.2. The van der Waals surface area contributed by atoms with Crippen LogP contribution in [0.2, 0.25) is 0 Å². The number of alkyl halides is 3. The van der Waals surface area contributed by atoms with Gasteiger partial charge in [-0.2, -0.15) is 13.2 Å². The van der Waals surface area contributed by atoms with E-state index in [4.69, 9.17) is 19.3 Å². The van der Waals surface area contributed by atoms with E-state index in [1.807, 2.05) is 40.7 Å². The maximum absolute atomic E-state index is 14.8. The maximum atomic E-state index is 14.8. The van der Waals surface area contributed by atoms with Gasteiger partial charge in [-0.25, -0.2) is 13.4 Å². The summed E-state index contributed by atoms with van der Waals surface area (Å²) in [6, 6.07) is 3.70. The summed E-state index contributed by atoms with van der Waals surface area (Å²) in [4.78, 5) is 58.5. The zero-order chi connectivity index (χ0) is 55.0. The molecule has 6 atom stereocenters. The Kier molecular flexibility index (Phi) is 20.1. The van der Waals surface area contributed by atoms with E-state index in [1.165, 1.54) is 25.2 Å². The van der Waals surface area contributed by atoms with Crippen LogP contribution in [0.4, 0.5) is 13.2 Å². The fourth-order valence-electron chi connectivity index (χ4n) is 9.88. The number of hydrogen-bond acceptors (Lipinski definition) is 12. The number of aliphatic hydroxyl groups excluding tert-OH is 1. The zero-order valence-corrected chi connectivity index (χ0v) is 46.4. The van der Waals surface area contributed by atoms with Crippen molar-refractivity contribution in [2.75, 3.05) is 19.8 Å². The van der Waals surface area contributed by atoms with Crippen molar-refractivity contribution in [1.82, 2.24) is 19.9 Å². The van der Waals surface area contributed by atoms with Crippen LogP contribution >= 0.6 is 0 Å². The molecule has 74 heavy (non-hydrogen) atoms. The number of benzene rings is 1. The van der Waals surface area contributed by atoms with E-state index < -0.39 is 79.5 Å². The van der Waals surface area contributed by atoms with Crippen LogP contribution in [0.5, 0.6) is 11.5 Å². The zero-order valence-electron chi connectivity index (χ0n) is 45.5. The second-order valence-corrected chi connectivity index (χ2v) is 25.3. The van der Waals surface area contributed by atoms with Gasteiger partial charge in [0.25, 0.3) is 5.91 Å². The largest absolute Gasteiger partial charge is 0.493 e. The number of aryl methyl sites for hydroxylation is 1. The lowest BCUT2D eigenvalue weighted by Crippen LogP contribution is -2.64. The van der Waals surface area contributed by atoms with Crippen LogP contribution in [0.1, 0.15) is 177 Å². The van der Waals surface area contributed by atoms with Crippen LogP contribution in [0.15, 0.2) is 30.4 Å². The van der Waals surface area contributed by atoms with Gasteiger partial charge in [0.1, 0.15) is 22.9 Å². The molecule has 2 aromatic rings. The van der Waals surface area contributed by atoms with Crippen LogP contribution < -0.4 is 19.5 Å². The molecule has 0 bridgehead atoms. The standard InChI is InChI=1S/C43H57F3N4O7S.C6H14O2.C6H12O2/c1-27-13-9-6-5-7-10-14-28(2)41(4,39(53)49-58(54,55)40(3)21-22-40)48-37(51)34-24-42(26-50(34)38(27)52)20-19-31-32-23-30(56-25-29-15-11-8-12-16-29)17-18-33(32)47-36(35(31)57-42)43(44,45)46;1-5(7)8-6(2,3)4;1-5(2)4-8-6(3)7/h10,14,17-18,23,27-29,34H,5-9,11-13,15-16,19-22,24-26H2,1-4H3,(H,48,51)(H,49,53);5,7H,1-4H3;5H,4H2,1-3H3/b14-10-;;/t27-,28-,34-,41+,42+;;/m0../s1. The number of hydrogen-bond donors (Lipinski definition) is 3. The first-order chi connectivity index (χ1) is 34.4. The van der Waals surface area contributed by atoms with Crippen molar-refractivity contribution in [3.8, 4) is 11.5 Å². The monoisotopic (exact) mass is 1060 g/mol. The molecule has 15 nitrogen and oxygen atoms in total. The van der Waals surface area contributed by atoms with Crippen LogP contribution in [0.25, 0.3) is 10.9 Å². The van der Waals surface area contributed by atoms with Crippen molar-refractivity contribution in [2.45, 2.75) is 212 Å². The van der Waals surface area contributed by atoms with Crippen LogP contribution in [0.3, 0.4) is 0 Å². The highest BCUT2D eigenvalue weighted by Crippen LogP contribution is 2.49. The van der Waals surface area contributed by atoms with Gasteiger partial charge in [0, 0.05) is 36.1 Å². The lowest BCUT2D eigenvalue weighted by Gasteiger charge is -2.37. The summed E-state index contributed by atoms with van der Waals surface area (Å²) in [5, 5.41) is 12.0. The molecule has 1 aromatic carbocycles. The molecule has 3 aliphatic heterocycles.